The second kappa shape index (κ2) is 6.62. The van der Waals surface area contributed by atoms with E-state index in [4.69, 9.17) is 9.47 Å². The molecule has 0 amide bonds. The minimum atomic E-state index is 0.0971. The topological polar surface area (TPSA) is 38.7 Å². The van der Waals surface area contributed by atoms with Gasteiger partial charge in [0.15, 0.2) is 0 Å². The molecule has 2 unspecified atom stereocenters. The summed E-state index contributed by atoms with van der Waals surface area (Å²) in [6.07, 6.45) is 1.76. The monoisotopic (exact) mass is 238 g/mol. The first-order valence-electron chi connectivity index (χ1n) is 5.93. The number of hydrogen-bond acceptors (Lipinski definition) is 3. The van der Waals surface area contributed by atoms with Crippen molar-refractivity contribution in [3.05, 3.63) is 29.3 Å². The number of methoxy groups -OCH3 is 2. The van der Waals surface area contributed by atoms with Gasteiger partial charge in [-0.1, -0.05) is 12.1 Å². The molecule has 2 atom stereocenters. The van der Waals surface area contributed by atoms with Crippen molar-refractivity contribution in [1.82, 2.24) is 0 Å². The van der Waals surface area contributed by atoms with Crippen LogP contribution in [0.1, 0.15) is 25.0 Å². The van der Waals surface area contributed by atoms with Gasteiger partial charge in [0.25, 0.3) is 0 Å². The summed E-state index contributed by atoms with van der Waals surface area (Å²) < 4.78 is 10.5. The highest BCUT2D eigenvalue weighted by Gasteiger charge is 2.13. The van der Waals surface area contributed by atoms with Crippen molar-refractivity contribution in [1.29, 1.82) is 0 Å². The zero-order valence-electron chi connectivity index (χ0n) is 11.1. The van der Waals surface area contributed by atoms with Gasteiger partial charge in [0.1, 0.15) is 5.75 Å². The third kappa shape index (κ3) is 4.02. The number of rotatable bonds is 6. The Morgan fingerprint density at radius 2 is 1.65 bits per heavy atom. The molecule has 0 radical (unpaired) electrons. The van der Waals surface area contributed by atoms with Crippen molar-refractivity contribution in [2.75, 3.05) is 14.2 Å². The molecule has 1 rings (SSSR count). The highest BCUT2D eigenvalue weighted by atomic mass is 16.5. The number of aromatic hydroxyl groups is 1. The fraction of sp³-hybridized carbons (Fsp3) is 0.571. The normalized spacial score (nSPS) is 14.6. The lowest BCUT2D eigenvalue weighted by Gasteiger charge is -2.17. The molecule has 0 aromatic heterocycles. The van der Waals surface area contributed by atoms with Crippen LogP contribution in [0.15, 0.2) is 18.2 Å². The predicted octanol–water partition coefficient (Wildman–Crippen LogP) is 2.55. The SMILES string of the molecule is COC(C)Cc1cccc(O)c1CC(C)OC. The summed E-state index contributed by atoms with van der Waals surface area (Å²) in [5, 5.41) is 9.92. The van der Waals surface area contributed by atoms with Crippen LogP contribution in [0.2, 0.25) is 0 Å². The van der Waals surface area contributed by atoms with E-state index in [1.807, 2.05) is 26.0 Å². The summed E-state index contributed by atoms with van der Waals surface area (Å²) in [5.74, 6) is 0.342. The maximum Gasteiger partial charge on any atom is 0.119 e. The van der Waals surface area contributed by atoms with Crippen LogP contribution in [-0.4, -0.2) is 31.5 Å². The molecule has 17 heavy (non-hydrogen) atoms. The molecule has 0 heterocycles. The molecule has 0 aliphatic carbocycles. The first-order valence-corrected chi connectivity index (χ1v) is 5.93. The third-order valence-electron chi connectivity index (χ3n) is 3.05. The number of phenols is 1. The van der Waals surface area contributed by atoms with Gasteiger partial charge in [0.2, 0.25) is 0 Å². The third-order valence-corrected chi connectivity index (χ3v) is 3.05. The number of benzene rings is 1. The minimum absolute atomic E-state index is 0.0971. The van der Waals surface area contributed by atoms with Gasteiger partial charge >= 0.3 is 0 Å². The number of phenolic OH excluding ortho intramolecular Hbond substituents is 1. The van der Waals surface area contributed by atoms with E-state index in [0.29, 0.717) is 5.75 Å². The van der Waals surface area contributed by atoms with E-state index >= 15 is 0 Å². The summed E-state index contributed by atoms with van der Waals surface area (Å²) in [5.41, 5.74) is 2.09. The molecule has 0 bridgehead atoms. The van der Waals surface area contributed by atoms with Gasteiger partial charge < -0.3 is 14.6 Å². The van der Waals surface area contributed by atoms with Crippen molar-refractivity contribution in [3.8, 4) is 5.75 Å². The molecular weight excluding hydrogens is 216 g/mol. The molecule has 0 saturated heterocycles. The average molecular weight is 238 g/mol. The second-order valence-electron chi connectivity index (χ2n) is 4.42. The van der Waals surface area contributed by atoms with Crippen molar-refractivity contribution in [2.45, 2.75) is 38.9 Å². The zero-order chi connectivity index (χ0) is 12.8. The summed E-state index contributed by atoms with van der Waals surface area (Å²) in [6, 6.07) is 5.62. The molecule has 96 valence electrons. The van der Waals surface area contributed by atoms with Gasteiger partial charge in [0, 0.05) is 20.6 Å². The molecule has 1 aromatic rings. The zero-order valence-corrected chi connectivity index (χ0v) is 11.1. The van der Waals surface area contributed by atoms with Gasteiger partial charge in [-0.05, 0) is 37.5 Å². The first-order chi connectivity index (χ1) is 8.08. The maximum atomic E-state index is 9.92. The van der Waals surface area contributed by atoms with Gasteiger partial charge in [-0.3, -0.25) is 0 Å². The van der Waals surface area contributed by atoms with Crippen LogP contribution in [-0.2, 0) is 22.3 Å². The van der Waals surface area contributed by atoms with Crippen LogP contribution in [0.3, 0.4) is 0 Å². The molecule has 0 spiro atoms. The molecule has 0 aliphatic rings. The Morgan fingerprint density at radius 1 is 1.06 bits per heavy atom. The van der Waals surface area contributed by atoms with Crippen LogP contribution >= 0.6 is 0 Å². The Labute approximate surface area is 103 Å². The molecule has 1 N–H and O–H groups in total. The molecule has 0 fully saturated rings. The highest BCUT2D eigenvalue weighted by Crippen LogP contribution is 2.24. The van der Waals surface area contributed by atoms with E-state index in [0.717, 1.165) is 24.0 Å². The Kier molecular flexibility index (Phi) is 5.45. The summed E-state index contributed by atoms with van der Waals surface area (Å²) >= 11 is 0. The van der Waals surface area contributed by atoms with E-state index < -0.39 is 0 Å². The summed E-state index contributed by atoms with van der Waals surface area (Å²) in [7, 11) is 3.38. The number of ether oxygens (including phenoxy) is 2. The Hall–Kier alpha value is -1.06. The van der Waals surface area contributed by atoms with Crippen LogP contribution in [0.4, 0.5) is 0 Å². The van der Waals surface area contributed by atoms with Crippen molar-refractivity contribution >= 4 is 0 Å². The lowest BCUT2D eigenvalue weighted by Crippen LogP contribution is -2.14. The molecule has 0 saturated carbocycles. The largest absolute Gasteiger partial charge is 0.508 e. The fourth-order valence-corrected chi connectivity index (χ4v) is 1.81. The van der Waals surface area contributed by atoms with Crippen molar-refractivity contribution in [3.63, 3.8) is 0 Å². The fourth-order valence-electron chi connectivity index (χ4n) is 1.81. The van der Waals surface area contributed by atoms with E-state index in [2.05, 4.69) is 0 Å². The highest BCUT2D eigenvalue weighted by molar-refractivity contribution is 5.40. The Morgan fingerprint density at radius 3 is 2.24 bits per heavy atom. The number of hydrogen-bond donors (Lipinski definition) is 1. The lowest BCUT2D eigenvalue weighted by atomic mass is 9.97. The van der Waals surface area contributed by atoms with Crippen molar-refractivity contribution < 1.29 is 14.6 Å². The van der Waals surface area contributed by atoms with Gasteiger partial charge in [-0.15, -0.1) is 0 Å². The van der Waals surface area contributed by atoms with E-state index in [1.54, 1.807) is 20.3 Å². The maximum absolute atomic E-state index is 9.92. The van der Waals surface area contributed by atoms with E-state index in [9.17, 15) is 5.11 Å². The molecule has 1 aromatic carbocycles. The van der Waals surface area contributed by atoms with Gasteiger partial charge in [0.05, 0.1) is 12.2 Å². The van der Waals surface area contributed by atoms with Crippen LogP contribution < -0.4 is 0 Å². The van der Waals surface area contributed by atoms with Crippen LogP contribution in [0.5, 0.6) is 5.75 Å². The van der Waals surface area contributed by atoms with E-state index in [1.165, 1.54) is 0 Å². The van der Waals surface area contributed by atoms with Crippen molar-refractivity contribution in [2.24, 2.45) is 0 Å². The average Bonchev–Trinajstić information content (AvgIpc) is 2.33. The summed E-state index contributed by atoms with van der Waals surface area (Å²) in [6.45, 7) is 4.02. The van der Waals surface area contributed by atoms with Gasteiger partial charge in [-0.2, -0.15) is 0 Å². The predicted molar refractivity (Wildman–Crippen MR) is 68.5 cm³/mol. The quantitative estimate of drug-likeness (QED) is 0.827. The second-order valence-corrected chi connectivity index (χ2v) is 4.42. The molecule has 3 nitrogen and oxygen atoms in total. The Bertz CT molecular complexity index is 349. The molecule has 3 heteroatoms. The van der Waals surface area contributed by atoms with Crippen LogP contribution in [0, 0.1) is 0 Å². The smallest absolute Gasteiger partial charge is 0.119 e. The van der Waals surface area contributed by atoms with E-state index in [-0.39, 0.29) is 12.2 Å². The Balaban J connectivity index is 2.91. The van der Waals surface area contributed by atoms with Gasteiger partial charge in [-0.25, -0.2) is 0 Å². The molecular formula is C14H22O3. The summed E-state index contributed by atoms with van der Waals surface area (Å²) in [4.78, 5) is 0. The first kappa shape index (κ1) is 14.0. The molecule has 0 aliphatic heterocycles. The van der Waals surface area contributed by atoms with Crippen LogP contribution in [0.25, 0.3) is 0 Å². The lowest BCUT2D eigenvalue weighted by molar-refractivity contribution is 0.113. The standard InChI is InChI=1S/C14H22O3/c1-10(16-3)8-12-6-5-7-14(15)13(12)9-11(2)17-4/h5-7,10-11,15H,8-9H2,1-4H3. The minimum Gasteiger partial charge on any atom is -0.508 e.